The van der Waals surface area contributed by atoms with E-state index < -0.39 is 0 Å². The van der Waals surface area contributed by atoms with Crippen molar-refractivity contribution in [2.24, 2.45) is 7.05 Å². The number of carbonyl (C=O) groups is 1. The van der Waals surface area contributed by atoms with Gasteiger partial charge in [0.05, 0.1) is 23.9 Å². The van der Waals surface area contributed by atoms with Gasteiger partial charge in [-0.2, -0.15) is 5.10 Å². The summed E-state index contributed by atoms with van der Waals surface area (Å²) < 4.78 is 6.86. The van der Waals surface area contributed by atoms with E-state index in [0.29, 0.717) is 28.3 Å². The Labute approximate surface area is 116 Å². The van der Waals surface area contributed by atoms with Crippen molar-refractivity contribution in [1.82, 2.24) is 9.78 Å². The van der Waals surface area contributed by atoms with E-state index >= 15 is 0 Å². The largest absolute Gasteiger partial charge is 0.496 e. The van der Waals surface area contributed by atoms with Gasteiger partial charge < -0.3 is 4.74 Å². The van der Waals surface area contributed by atoms with Crippen LogP contribution in [0.5, 0.6) is 5.75 Å². The van der Waals surface area contributed by atoms with Gasteiger partial charge in [-0.1, -0.05) is 18.5 Å². The molecule has 1 aromatic heterocycles. The Morgan fingerprint density at radius 3 is 2.79 bits per heavy atom. The monoisotopic (exact) mass is 278 g/mol. The van der Waals surface area contributed by atoms with Crippen molar-refractivity contribution in [2.75, 3.05) is 7.11 Å². The van der Waals surface area contributed by atoms with Crippen LogP contribution in [0.25, 0.3) is 0 Å². The summed E-state index contributed by atoms with van der Waals surface area (Å²) in [4.78, 5) is 12.6. The van der Waals surface area contributed by atoms with Gasteiger partial charge in [0.1, 0.15) is 5.75 Å². The number of carbonyl (C=O) groups excluding carboxylic acids is 1. The van der Waals surface area contributed by atoms with Gasteiger partial charge in [-0.25, -0.2) is 0 Å². The minimum absolute atomic E-state index is 0.121. The third kappa shape index (κ3) is 2.63. The zero-order valence-corrected chi connectivity index (χ0v) is 11.9. The van der Waals surface area contributed by atoms with Gasteiger partial charge >= 0.3 is 0 Å². The van der Waals surface area contributed by atoms with Gasteiger partial charge in [0, 0.05) is 18.3 Å². The SMILES string of the molecule is CCc1nn(C)cc1C(=O)c1cc(Cl)ccc1OC. The maximum absolute atomic E-state index is 12.6. The van der Waals surface area contributed by atoms with Crippen molar-refractivity contribution in [1.29, 1.82) is 0 Å². The molecule has 1 heterocycles. The first kappa shape index (κ1) is 13.6. The second-order valence-corrected chi connectivity index (χ2v) is 4.63. The minimum Gasteiger partial charge on any atom is -0.496 e. The lowest BCUT2D eigenvalue weighted by Gasteiger charge is -2.07. The first-order valence-electron chi connectivity index (χ1n) is 5.97. The van der Waals surface area contributed by atoms with Crippen molar-refractivity contribution in [3.63, 3.8) is 0 Å². The number of hydrogen-bond donors (Lipinski definition) is 0. The molecule has 5 heteroatoms. The average molecular weight is 279 g/mol. The molecule has 0 aliphatic heterocycles. The lowest BCUT2D eigenvalue weighted by Crippen LogP contribution is -2.05. The highest BCUT2D eigenvalue weighted by atomic mass is 35.5. The highest BCUT2D eigenvalue weighted by molar-refractivity contribution is 6.31. The van der Waals surface area contributed by atoms with Crippen LogP contribution in [0.4, 0.5) is 0 Å². The predicted molar refractivity (Wildman–Crippen MR) is 74.0 cm³/mol. The fraction of sp³-hybridized carbons (Fsp3) is 0.286. The number of methoxy groups -OCH3 is 1. The molecule has 0 fully saturated rings. The first-order valence-corrected chi connectivity index (χ1v) is 6.35. The summed E-state index contributed by atoms with van der Waals surface area (Å²) in [7, 11) is 3.33. The number of ether oxygens (including phenoxy) is 1. The Kier molecular flexibility index (Phi) is 3.90. The molecule has 0 aliphatic carbocycles. The van der Waals surface area contributed by atoms with Gasteiger partial charge in [-0.15, -0.1) is 0 Å². The predicted octanol–water partition coefficient (Wildman–Crippen LogP) is 2.88. The molecule has 1 aromatic carbocycles. The molecule has 2 rings (SSSR count). The molecule has 0 bridgehead atoms. The van der Waals surface area contributed by atoms with Crippen molar-refractivity contribution < 1.29 is 9.53 Å². The van der Waals surface area contributed by atoms with Crippen molar-refractivity contribution in [3.8, 4) is 5.75 Å². The molecule has 0 amide bonds. The van der Waals surface area contributed by atoms with Crippen LogP contribution in [0.2, 0.25) is 5.02 Å². The Morgan fingerprint density at radius 1 is 1.42 bits per heavy atom. The van der Waals surface area contributed by atoms with Gasteiger partial charge in [0.15, 0.2) is 5.78 Å². The lowest BCUT2D eigenvalue weighted by molar-refractivity contribution is 0.103. The van der Waals surface area contributed by atoms with Crippen LogP contribution in [0, 0.1) is 0 Å². The molecule has 4 nitrogen and oxygen atoms in total. The molecule has 0 N–H and O–H groups in total. The molecule has 2 aromatic rings. The summed E-state index contributed by atoms with van der Waals surface area (Å²) in [6.45, 7) is 1.97. The summed E-state index contributed by atoms with van der Waals surface area (Å²) in [5.74, 6) is 0.393. The number of nitrogens with zero attached hydrogens (tertiary/aromatic N) is 2. The fourth-order valence-corrected chi connectivity index (χ4v) is 2.16. The number of aryl methyl sites for hydroxylation is 2. The molecular formula is C14H15ClN2O2. The van der Waals surface area contributed by atoms with E-state index in [1.54, 1.807) is 36.1 Å². The summed E-state index contributed by atoms with van der Waals surface area (Å²) in [5.41, 5.74) is 1.82. The highest BCUT2D eigenvalue weighted by Gasteiger charge is 2.20. The third-order valence-corrected chi connectivity index (χ3v) is 3.13. The fourth-order valence-electron chi connectivity index (χ4n) is 1.99. The molecule has 100 valence electrons. The summed E-state index contributed by atoms with van der Waals surface area (Å²) in [5, 5.41) is 4.78. The van der Waals surface area contributed by atoms with Gasteiger partial charge in [0.2, 0.25) is 0 Å². The highest BCUT2D eigenvalue weighted by Crippen LogP contribution is 2.26. The van der Waals surface area contributed by atoms with Gasteiger partial charge in [-0.3, -0.25) is 9.48 Å². The molecule has 0 radical (unpaired) electrons. The Balaban J connectivity index is 2.52. The number of hydrogen-bond acceptors (Lipinski definition) is 3. The van der Waals surface area contributed by atoms with E-state index in [9.17, 15) is 4.79 Å². The van der Waals surface area contributed by atoms with E-state index in [0.717, 1.165) is 5.69 Å². The van der Waals surface area contributed by atoms with Crippen molar-refractivity contribution >= 4 is 17.4 Å². The normalized spacial score (nSPS) is 10.5. The zero-order chi connectivity index (χ0) is 14.0. The lowest BCUT2D eigenvalue weighted by atomic mass is 10.0. The van der Waals surface area contributed by atoms with Crippen LogP contribution in [0.1, 0.15) is 28.5 Å². The van der Waals surface area contributed by atoms with Crippen LogP contribution >= 0.6 is 11.6 Å². The Hall–Kier alpha value is -1.81. The Morgan fingerprint density at radius 2 is 2.16 bits per heavy atom. The van der Waals surface area contributed by atoms with Crippen LogP contribution in [-0.4, -0.2) is 22.7 Å². The molecule has 0 unspecified atom stereocenters. The van der Waals surface area contributed by atoms with Crippen LogP contribution in [0.3, 0.4) is 0 Å². The zero-order valence-electron chi connectivity index (χ0n) is 11.1. The summed E-state index contributed by atoms with van der Waals surface area (Å²) >= 11 is 5.96. The number of benzene rings is 1. The second kappa shape index (κ2) is 5.45. The average Bonchev–Trinajstić information content (AvgIpc) is 2.79. The van der Waals surface area contributed by atoms with E-state index in [1.807, 2.05) is 6.92 Å². The molecule has 0 saturated heterocycles. The molecular weight excluding hydrogens is 264 g/mol. The van der Waals surface area contributed by atoms with E-state index in [2.05, 4.69) is 5.10 Å². The summed E-state index contributed by atoms with van der Waals surface area (Å²) in [6.07, 6.45) is 2.42. The number of aromatic nitrogens is 2. The maximum atomic E-state index is 12.6. The van der Waals surface area contributed by atoms with Gasteiger partial charge in [0.25, 0.3) is 0 Å². The molecule has 19 heavy (non-hydrogen) atoms. The second-order valence-electron chi connectivity index (χ2n) is 4.19. The summed E-state index contributed by atoms with van der Waals surface area (Å²) in [6, 6.07) is 5.01. The van der Waals surface area contributed by atoms with Gasteiger partial charge in [-0.05, 0) is 24.6 Å². The third-order valence-electron chi connectivity index (χ3n) is 2.89. The maximum Gasteiger partial charge on any atom is 0.200 e. The molecule has 0 atom stereocenters. The van der Waals surface area contributed by atoms with Crippen LogP contribution in [-0.2, 0) is 13.5 Å². The smallest absolute Gasteiger partial charge is 0.200 e. The van der Waals surface area contributed by atoms with Crippen LogP contribution in [0.15, 0.2) is 24.4 Å². The Bertz CT molecular complexity index is 620. The topological polar surface area (TPSA) is 44.1 Å². The van der Waals surface area contributed by atoms with Crippen molar-refractivity contribution in [3.05, 3.63) is 46.2 Å². The van der Waals surface area contributed by atoms with Crippen LogP contribution < -0.4 is 4.74 Å². The minimum atomic E-state index is -0.121. The molecule has 0 spiro atoms. The number of halogens is 1. The number of ketones is 1. The molecule has 0 aliphatic rings. The molecule has 0 saturated carbocycles. The van der Waals surface area contributed by atoms with Crippen molar-refractivity contribution in [2.45, 2.75) is 13.3 Å². The standard InChI is InChI=1S/C14H15ClN2O2/c1-4-12-11(8-17(2)16-12)14(18)10-7-9(15)5-6-13(10)19-3/h5-8H,4H2,1-3H3. The van der Waals surface area contributed by atoms with E-state index in [-0.39, 0.29) is 5.78 Å². The first-order chi connectivity index (χ1) is 9.06. The number of rotatable bonds is 4. The quantitative estimate of drug-likeness (QED) is 0.808. The van der Waals surface area contributed by atoms with E-state index in [1.165, 1.54) is 7.11 Å². The van der Waals surface area contributed by atoms with E-state index in [4.69, 9.17) is 16.3 Å².